The first-order valence-corrected chi connectivity index (χ1v) is 37.3. The summed E-state index contributed by atoms with van der Waals surface area (Å²) in [5.74, 6) is -0.986. The molecule has 0 bridgehead atoms. The third-order valence-corrected chi connectivity index (χ3v) is 20.8. The summed E-state index contributed by atoms with van der Waals surface area (Å²) in [7, 11) is 0. The number of aliphatic hydroxyl groups is 19. The zero-order chi connectivity index (χ0) is 81.1. The normalized spacial score (nSPS) is 39.8. The summed E-state index contributed by atoms with van der Waals surface area (Å²) >= 11 is 0. The molecule has 6 rings (SSSR count). The fraction of sp³-hybridized carbons (Fsp3) is 0.776. The van der Waals surface area contributed by atoms with Crippen molar-refractivity contribution in [1.29, 1.82) is 0 Å². The zero-order valence-electron chi connectivity index (χ0n) is 64.0. The van der Waals surface area contributed by atoms with Crippen molar-refractivity contribution >= 4 is 5.97 Å². The second-order valence-corrected chi connectivity index (χ2v) is 30.0. The summed E-state index contributed by atoms with van der Waals surface area (Å²) in [6, 6.07) is 0. The minimum Gasteiger partial charge on any atom is -0.451 e. The van der Waals surface area contributed by atoms with E-state index in [-0.39, 0.29) is 18.6 Å². The molecule has 33 atom stereocenters. The fourth-order valence-corrected chi connectivity index (χ4v) is 13.3. The van der Waals surface area contributed by atoms with Gasteiger partial charge in [0.2, 0.25) is 0 Å². The van der Waals surface area contributed by atoms with Gasteiger partial charge in [0, 0.05) is 5.57 Å². The highest BCUT2D eigenvalue weighted by Gasteiger charge is 2.55. The lowest BCUT2D eigenvalue weighted by Crippen LogP contribution is -2.65. The molecule has 0 radical (unpaired) electrons. The smallest absolute Gasteiger partial charge is 0.334 e. The zero-order valence-corrected chi connectivity index (χ0v) is 64.0. The van der Waals surface area contributed by atoms with Crippen LogP contribution < -0.4 is 0 Å². The summed E-state index contributed by atoms with van der Waals surface area (Å²) in [6.45, 7) is 22.4. The lowest BCUT2D eigenvalue weighted by molar-refractivity contribution is -0.375. The van der Waals surface area contributed by atoms with Crippen molar-refractivity contribution in [1.82, 2.24) is 0 Å². The minimum absolute atomic E-state index is 0.0588. The minimum atomic E-state index is -1.99. The summed E-state index contributed by atoms with van der Waals surface area (Å²) in [5, 5.41) is 201. The van der Waals surface area contributed by atoms with Crippen LogP contribution in [0.2, 0.25) is 0 Å². The summed E-state index contributed by atoms with van der Waals surface area (Å²) in [5.41, 5.74) is 2.51. The van der Waals surface area contributed by atoms with E-state index in [2.05, 4.69) is 19.2 Å². The van der Waals surface area contributed by atoms with E-state index in [1.54, 1.807) is 19.9 Å². The van der Waals surface area contributed by atoms with Gasteiger partial charge in [-0.15, -0.1) is 13.2 Å². The average Bonchev–Trinajstić information content (AvgIpc) is 0.787. The van der Waals surface area contributed by atoms with Gasteiger partial charge in [0.25, 0.3) is 0 Å². The molecule has 0 saturated carbocycles. The van der Waals surface area contributed by atoms with Crippen LogP contribution in [0.3, 0.4) is 0 Å². The predicted octanol–water partition coefficient (Wildman–Crippen LogP) is -1.27. The number of rotatable bonds is 39. The molecular formula is C76H124O33. The number of carbonyl (C=O) groups excluding carboxylic acids is 1. The molecule has 33 heteroatoms. The van der Waals surface area contributed by atoms with Gasteiger partial charge in [-0.1, -0.05) is 70.4 Å². The van der Waals surface area contributed by atoms with E-state index in [1.165, 1.54) is 32.9 Å². The Kier molecular flexibility index (Phi) is 37.7. The molecule has 6 saturated heterocycles. The molecule has 0 unspecified atom stereocenters. The van der Waals surface area contributed by atoms with Crippen LogP contribution in [-0.4, -0.2) is 338 Å². The second-order valence-electron chi connectivity index (χ2n) is 30.0. The second kappa shape index (κ2) is 43.8. The van der Waals surface area contributed by atoms with Crippen molar-refractivity contribution in [2.45, 2.75) is 341 Å². The number of ether oxygens (including phenoxy) is 13. The molecule has 0 aromatic carbocycles. The van der Waals surface area contributed by atoms with Crippen LogP contribution in [0.5, 0.6) is 0 Å². The Labute approximate surface area is 636 Å². The Bertz CT molecular complexity index is 3000. The van der Waals surface area contributed by atoms with Crippen molar-refractivity contribution in [3.8, 4) is 0 Å². The summed E-state index contributed by atoms with van der Waals surface area (Å²) in [6.07, 6.45) is -28.3. The maximum absolute atomic E-state index is 14.2. The largest absolute Gasteiger partial charge is 0.451 e. The van der Waals surface area contributed by atoms with Crippen LogP contribution in [-0.2, 0) is 66.4 Å². The highest BCUT2D eigenvalue weighted by Crippen LogP contribution is 2.37. The van der Waals surface area contributed by atoms with Gasteiger partial charge in [-0.3, -0.25) is 0 Å². The molecule has 19 N–H and O–H groups in total. The van der Waals surface area contributed by atoms with Crippen molar-refractivity contribution in [3.05, 3.63) is 95.2 Å². The molecule has 0 aromatic heterocycles. The molecular weight excluding hydrogens is 1440 g/mol. The Hall–Kier alpha value is -3.85. The van der Waals surface area contributed by atoms with Crippen LogP contribution in [0.1, 0.15) is 140 Å². The molecule has 0 spiro atoms. The molecule has 6 fully saturated rings. The van der Waals surface area contributed by atoms with E-state index in [4.69, 9.17) is 61.6 Å². The topological polar surface area (TPSA) is 521 Å². The third kappa shape index (κ3) is 26.1. The first kappa shape index (κ1) is 94.0. The fourth-order valence-electron chi connectivity index (χ4n) is 13.3. The quantitative estimate of drug-likeness (QED) is 0.0194. The molecule has 0 aromatic rings. The lowest BCUT2D eigenvalue weighted by Gasteiger charge is -2.47. The Morgan fingerprint density at radius 2 is 0.798 bits per heavy atom. The van der Waals surface area contributed by atoms with Crippen LogP contribution in [0.15, 0.2) is 95.2 Å². The van der Waals surface area contributed by atoms with E-state index in [9.17, 15) is 102 Å². The van der Waals surface area contributed by atoms with Gasteiger partial charge >= 0.3 is 5.97 Å². The van der Waals surface area contributed by atoms with E-state index in [0.29, 0.717) is 64.2 Å². The highest BCUT2D eigenvalue weighted by atomic mass is 16.8. The Morgan fingerprint density at radius 1 is 0.413 bits per heavy atom. The number of hydrogen-bond acceptors (Lipinski definition) is 33. The monoisotopic (exact) mass is 1560 g/mol. The standard InChI is InChI=1S/C76H124O33/c1-13-75(11,108-72-64(95)58(89)53(84)47(33-78)102-72)28-18-26-39(5)22-16-24-40(6)30-45(80)31-42(8)68(96)105-67-65(106-71-63(94)59(90)55(86)49(104-71)36-98-69-61(92)56(87)50(81)43(9)99-69)51(82)44(10)100-73(67)97-35-41(7)25-17-23-37(3)20-15-21-38(4)27-19-29-76(12,14-2)109-74-66(60(91)54(85)48(34-79)103-74)107-70-62(93)57(88)52(83)46(32-77)101-70/h13-14,20,24-27,31,43-67,69-74,77-95H,1-2,15-19,21-23,28-30,32-36H2,3-12H3/b37-20+,38-27+,39-26+,40-24+,41-25-,42-31+/t43-,44-,45+,46+,47+,48+,49+,50-,51-,52+,53+,54+,55+,56+,57-,58-,59-,60-,61+,62+,63+,64+,65+,66+,67+,69+,70-,71-,72-,73+,74-,75+,76+/m0/s1. The van der Waals surface area contributed by atoms with E-state index >= 15 is 0 Å². The van der Waals surface area contributed by atoms with Crippen molar-refractivity contribution in [2.75, 3.05) is 33.0 Å². The van der Waals surface area contributed by atoms with Crippen molar-refractivity contribution < 1.29 is 163 Å². The number of allylic oxidation sites excluding steroid dienone is 8. The Morgan fingerprint density at radius 3 is 1.30 bits per heavy atom. The molecule has 0 amide bonds. The SMILES string of the molecule is C=C[C@](C)(CC/C=C(\C)CC/C=C(\C)C[C@@H](O)/C=C(\C)C(=O)O[C@H]1[C@H](OC/C(C)=C\CC/C(C)=C/CC/C(C)=C/CC[C@@](C)(C=C)O[C@@H]2O[C@H](CO)[C@@H](O)[C@H](O)[C@H]2O[C@@H]2O[C@H](CO)[C@@H](O)[C@H](O)[C@H]2O)O[C@@H](C)[C@H](O)[C@H]1O[C@@H]1O[C@H](CO[C@@H]2O[C@@H](C)[C@H](O)[C@@H](O)[C@H]2O)[C@@H](O)[C@H](O)[C@H]1O)O[C@@H]1O[C@H](CO)[C@@H](O)[C@H](O)[C@H]1O. The molecule has 6 aliphatic rings. The number of hydrogen-bond donors (Lipinski definition) is 19. The van der Waals surface area contributed by atoms with Gasteiger partial charge in [0.1, 0.15) is 128 Å². The first-order chi connectivity index (χ1) is 51.3. The van der Waals surface area contributed by atoms with Gasteiger partial charge in [-0.2, -0.15) is 0 Å². The molecule has 626 valence electrons. The first-order valence-electron chi connectivity index (χ1n) is 37.3. The molecule has 109 heavy (non-hydrogen) atoms. The summed E-state index contributed by atoms with van der Waals surface area (Å²) in [4.78, 5) is 14.2. The number of carbonyl (C=O) groups is 1. The van der Waals surface area contributed by atoms with Crippen LogP contribution >= 0.6 is 0 Å². The molecule has 0 aliphatic carbocycles. The van der Waals surface area contributed by atoms with Gasteiger partial charge in [-0.05, 0) is 146 Å². The van der Waals surface area contributed by atoms with E-state index < -0.39 is 234 Å². The average molecular weight is 1570 g/mol. The van der Waals surface area contributed by atoms with Crippen molar-refractivity contribution in [3.63, 3.8) is 0 Å². The number of esters is 1. The van der Waals surface area contributed by atoms with Gasteiger partial charge in [-0.25, -0.2) is 4.79 Å². The summed E-state index contributed by atoms with van der Waals surface area (Å²) < 4.78 is 76.9. The lowest BCUT2D eigenvalue weighted by atomic mass is 9.95. The van der Waals surface area contributed by atoms with Gasteiger partial charge in [0.15, 0.2) is 43.8 Å². The van der Waals surface area contributed by atoms with Crippen LogP contribution in [0, 0.1) is 0 Å². The van der Waals surface area contributed by atoms with Crippen LogP contribution in [0.25, 0.3) is 0 Å². The third-order valence-electron chi connectivity index (χ3n) is 20.8. The van der Waals surface area contributed by atoms with Gasteiger partial charge in [0.05, 0.1) is 62.5 Å². The highest BCUT2D eigenvalue weighted by molar-refractivity contribution is 5.88. The van der Waals surface area contributed by atoms with Crippen LogP contribution in [0.4, 0.5) is 0 Å². The Balaban J connectivity index is 1.07. The van der Waals surface area contributed by atoms with E-state index in [0.717, 1.165) is 27.9 Å². The maximum atomic E-state index is 14.2. The molecule has 33 nitrogen and oxygen atoms in total. The maximum Gasteiger partial charge on any atom is 0.334 e. The molecule has 6 heterocycles. The predicted molar refractivity (Wildman–Crippen MR) is 385 cm³/mol. The van der Waals surface area contributed by atoms with Gasteiger partial charge < -0.3 is 159 Å². The van der Waals surface area contributed by atoms with E-state index in [1.807, 2.05) is 58.9 Å². The molecule has 6 aliphatic heterocycles. The van der Waals surface area contributed by atoms with Crippen molar-refractivity contribution in [2.24, 2.45) is 0 Å². The number of aliphatic hydroxyl groups excluding tert-OH is 19.